The second kappa shape index (κ2) is 4.92. The molecule has 0 fully saturated rings. The van der Waals surface area contributed by atoms with Crippen molar-refractivity contribution in [3.05, 3.63) is 33.6 Å². The zero-order chi connectivity index (χ0) is 13.4. The average Bonchev–Trinajstić information content (AvgIpc) is 2.96. The Labute approximate surface area is 119 Å². The van der Waals surface area contributed by atoms with E-state index in [4.69, 9.17) is 17.3 Å². The molecule has 0 aliphatic rings. The average molecular weight is 293 g/mol. The molecule has 0 atom stereocenters. The Morgan fingerprint density at radius 3 is 2.95 bits per heavy atom. The van der Waals surface area contributed by atoms with Crippen LogP contribution in [0.4, 0.5) is 0 Å². The molecule has 98 valence electrons. The van der Waals surface area contributed by atoms with Crippen LogP contribution in [0.2, 0.25) is 5.02 Å². The van der Waals surface area contributed by atoms with Gasteiger partial charge in [-0.3, -0.25) is 0 Å². The number of rotatable bonds is 3. The lowest BCUT2D eigenvalue weighted by atomic mass is 10.3. The highest BCUT2D eigenvalue weighted by Gasteiger charge is 2.14. The molecule has 3 aromatic rings. The van der Waals surface area contributed by atoms with E-state index in [9.17, 15) is 0 Å². The molecule has 19 heavy (non-hydrogen) atoms. The molecule has 0 radical (unpaired) electrons. The maximum Gasteiger partial charge on any atom is 0.160 e. The highest BCUT2D eigenvalue weighted by atomic mass is 35.5. The summed E-state index contributed by atoms with van der Waals surface area (Å²) in [7, 11) is 1.96. The highest BCUT2D eigenvalue weighted by Crippen LogP contribution is 2.29. The van der Waals surface area contributed by atoms with Crippen LogP contribution in [-0.2, 0) is 13.5 Å². The van der Waals surface area contributed by atoms with Crippen LogP contribution < -0.4 is 5.73 Å². The Kier molecular flexibility index (Phi) is 3.26. The second-order valence-corrected chi connectivity index (χ2v) is 5.62. The Hall–Kier alpha value is -1.43. The molecule has 1 aromatic carbocycles. The minimum absolute atomic E-state index is 0.612. The Balaban J connectivity index is 2.14. The van der Waals surface area contributed by atoms with Crippen molar-refractivity contribution in [1.82, 2.24) is 14.5 Å². The maximum absolute atomic E-state index is 6.22. The van der Waals surface area contributed by atoms with Gasteiger partial charge in [0.05, 0.1) is 21.1 Å². The first kappa shape index (κ1) is 12.6. The molecule has 0 aliphatic heterocycles. The normalized spacial score (nSPS) is 11.3. The van der Waals surface area contributed by atoms with E-state index in [2.05, 4.69) is 9.97 Å². The monoisotopic (exact) mass is 292 g/mol. The summed E-state index contributed by atoms with van der Waals surface area (Å²) < 4.78 is 1.99. The van der Waals surface area contributed by atoms with Crippen LogP contribution >= 0.6 is 22.9 Å². The van der Waals surface area contributed by atoms with Gasteiger partial charge in [0.15, 0.2) is 5.82 Å². The third-order valence-electron chi connectivity index (χ3n) is 2.98. The number of hydrogen-bond donors (Lipinski definition) is 1. The summed E-state index contributed by atoms with van der Waals surface area (Å²) in [5.41, 5.74) is 8.25. The minimum atomic E-state index is 0.612. The molecule has 0 bridgehead atoms. The van der Waals surface area contributed by atoms with Crippen molar-refractivity contribution in [2.24, 2.45) is 12.8 Å². The predicted octanol–water partition coefficient (Wildman–Crippen LogP) is 2.85. The molecule has 0 amide bonds. The SMILES string of the molecule is Cn1c(-c2csc(CCN)n2)nc2cccc(Cl)c21. The van der Waals surface area contributed by atoms with Gasteiger partial charge in [0.2, 0.25) is 0 Å². The number of fused-ring (bicyclic) bond motifs is 1. The van der Waals surface area contributed by atoms with Crippen molar-refractivity contribution in [2.75, 3.05) is 6.54 Å². The minimum Gasteiger partial charge on any atom is -0.330 e. The lowest BCUT2D eigenvalue weighted by Gasteiger charge is -2.00. The molecule has 0 unspecified atom stereocenters. The summed E-state index contributed by atoms with van der Waals surface area (Å²) in [6, 6.07) is 5.73. The third-order valence-corrected chi connectivity index (χ3v) is 4.20. The zero-order valence-corrected chi connectivity index (χ0v) is 12.0. The smallest absolute Gasteiger partial charge is 0.160 e. The molecule has 0 saturated heterocycles. The van der Waals surface area contributed by atoms with E-state index < -0.39 is 0 Å². The van der Waals surface area contributed by atoms with Crippen molar-refractivity contribution >= 4 is 34.0 Å². The first-order chi connectivity index (χ1) is 9.20. The lowest BCUT2D eigenvalue weighted by molar-refractivity contribution is 0.932. The van der Waals surface area contributed by atoms with E-state index in [1.54, 1.807) is 11.3 Å². The number of nitrogens with two attached hydrogens (primary N) is 1. The molecule has 0 aliphatic carbocycles. The Bertz CT molecular complexity index is 731. The van der Waals surface area contributed by atoms with Crippen LogP contribution in [0, 0.1) is 0 Å². The van der Waals surface area contributed by atoms with Gasteiger partial charge < -0.3 is 10.3 Å². The molecule has 2 aromatic heterocycles. The van der Waals surface area contributed by atoms with Crippen LogP contribution in [0.15, 0.2) is 23.6 Å². The number of aromatic nitrogens is 3. The number of benzene rings is 1. The van der Waals surface area contributed by atoms with Gasteiger partial charge in [-0.1, -0.05) is 17.7 Å². The van der Waals surface area contributed by atoms with Gasteiger partial charge in [-0.05, 0) is 18.7 Å². The van der Waals surface area contributed by atoms with E-state index in [0.717, 1.165) is 34.0 Å². The molecule has 2 N–H and O–H groups in total. The summed E-state index contributed by atoms with van der Waals surface area (Å²) in [5.74, 6) is 0.836. The van der Waals surface area contributed by atoms with E-state index in [-0.39, 0.29) is 0 Å². The lowest BCUT2D eigenvalue weighted by Crippen LogP contribution is -2.02. The number of hydrogen-bond acceptors (Lipinski definition) is 4. The summed E-state index contributed by atoms with van der Waals surface area (Å²) in [6.45, 7) is 0.612. The van der Waals surface area contributed by atoms with Crippen molar-refractivity contribution in [1.29, 1.82) is 0 Å². The first-order valence-electron chi connectivity index (χ1n) is 5.96. The van der Waals surface area contributed by atoms with Gasteiger partial charge in [-0.2, -0.15) is 0 Å². The number of nitrogens with zero attached hydrogens (tertiary/aromatic N) is 3. The predicted molar refractivity (Wildman–Crippen MR) is 79.6 cm³/mol. The van der Waals surface area contributed by atoms with Gasteiger partial charge in [-0.25, -0.2) is 9.97 Å². The van der Waals surface area contributed by atoms with Gasteiger partial charge in [0.25, 0.3) is 0 Å². The summed E-state index contributed by atoms with van der Waals surface area (Å²) in [4.78, 5) is 9.18. The molecular weight excluding hydrogens is 280 g/mol. The van der Waals surface area contributed by atoms with E-state index in [0.29, 0.717) is 11.6 Å². The van der Waals surface area contributed by atoms with Crippen LogP contribution in [0.3, 0.4) is 0 Å². The number of aryl methyl sites for hydroxylation is 1. The van der Waals surface area contributed by atoms with Crippen LogP contribution in [-0.4, -0.2) is 21.1 Å². The Morgan fingerprint density at radius 1 is 1.37 bits per heavy atom. The maximum atomic E-state index is 6.22. The standard InChI is InChI=1S/C13H13ClN4S/c1-18-12-8(14)3-2-4-9(12)17-13(18)10-7-19-11(16-10)5-6-15/h2-4,7H,5-6,15H2,1H3. The fourth-order valence-electron chi connectivity index (χ4n) is 2.10. The van der Waals surface area contributed by atoms with Gasteiger partial charge in [-0.15, -0.1) is 11.3 Å². The Morgan fingerprint density at radius 2 is 2.21 bits per heavy atom. The molecule has 4 nitrogen and oxygen atoms in total. The second-order valence-electron chi connectivity index (χ2n) is 4.27. The van der Waals surface area contributed by atoms with Gasteiger partial charge in [0, 0.05) is 18.8 Å². The topological polar surface area (TPSA) is 56.7 Å². The molecule has 6 heteroatoms. The fraction of sp³-hybridized carbons (Fsp3) is 0.231. The summed E-state index contributed by atoms with van der Waals surface area (Å²) >= 11 is 7.84. The fourth-order valence-corrected chi connectivity index (χ4v) is 3.19. The van der Waals surface area contributed by atoms with Crippen molar-refractivity contribution in [3.63, 3.8) is 0 Å². The third kappa shape index (κ3) is 2.14. The van der Waals surface area contributed by atoms with Crippen molar-refractivity contribution in [2.45, 2.75) is 6.42 Å². The number of imidazole rings is 1. The molecule has 0 saturated carbocycles. The number of para-hydroxylation sites is 1. The van der Waals surface area contributed by atoms with E-state index in [1.165, 1.54) is 0 Å². The van der Waals surface area contributed by atoms with Gasteiger partial charge in [0.1, 0.15) is 5.69 Å². The van der Waals surface area contributed by atoms with Crippen molar-refractivity contribution < 1.29 is 0 Å². The van der Waals surface area contributed by atoms with Crippen LogP contribution in [0.1, 0.15) is 5.01 Å². The van der Waals surface area contributed by atoms with Crippen LogP contribution in [0.25, 0.3) is 22.6 Å². The van der Waals surface area contributed by atoms with E-state index in [1.807, 2.05) is 35.2 Å². The van der Waals surface area contributed by atoms with Crippen molar-refractivity contribution in [3.8, 4) is 11.5 Å². The molecule has 0 spiro atoms. The quantitative estimate of drug-likeness (QED) is 0.807. The zero-order valence-electron chi connectivity index (χ0n) is 10.4. The molecule has 2 heterocycles. The van der Waals surface area contributed by atoms with Gasteiger partial charge >= 0.3 is 0 Å². The number of thiazole rings is 1. The summed E-state index contributed by atoms with van der Waals surface area (Å²) in [6.07, 6.45) is 0.801. The van der Waals surface area contributed by atoms with Crippen LogP contribution in [0.5, 0.6) is 0 Å². The van der Waals surface area contributed by atoms with E-state index >= 15 is 0 Å². The molecular formula is C13H13ClN4S. The largest absolute Gasteiger partial charge is 0.330 e. The summed E-state index contributed by atoms with van der Waals surface area (Å²) in [5, 5.41) is 3.76. The molecule has 3 rings (SSSR count). The first-order valence-corrected chi connectivity index (χ1v) is 7.22. The highest BCUT2D eigenvalue weighted by molar-refractivity contribution is 7.09. The number of halogens is 1.